The van der Waals surface area contributed by atoms with E-state index in [4.69, 9.17) is 4.74 Å². The molecular weight excluding hydrogens is 290 g/mol. The van der Waals surface area contributed by atoms with Crippen molar-refractivity contribution in [2.45, 2.75) is 39.7 Å². The van der Waals surface area contributed by atoms with Crippen LogP contribution in [-0.4, -0.2) is 13.7 Å². The number of nitrogens with one attached hydrogen (secondary N) is 1. The molecule has 1 aromatic rings. The van der Waals surface area contributed by atoms with Gasteiger partial charge in [0.1, 0.15) is 5.75 Å². The highest BCUT2D eigenvalue weighted by molar-refractivity contribution is 9.10. The van der Waals surface area contributed by atoms with Gasteiger partial charge in [0, 0.05) is 6.54 Å². The van der Waals surface area contributed by atoms with Crippen molar-refractivity contribution in [2.24, 2.45) is 5.92 Å². The molecule has 3 heteroatoms. The van der Waals surface area contributed by atoms with E-state index >= 15 is 0 Å². The van der Waals surface area contributed by atoms with Crippen LogP contribution in [-0.2, 0) is 6.54 Å². The smallest absolute Gasteiger partial charge is 0.133 e. The van der Waals surface area contributed by atoms with Crippen LogP contribution in [0.5, 0.6) is 5.75 Å². The van der Waals surface area contributed by atoms with E-state index in [1.165, 1.54) is 24.8 Å². The molecule has 2 nitrogen and oxygen atoms in total. The highest BCUT2D eigenvalue weighted by Crippen LogP contribution is 2.25. The lowest BCUT2D eigenvalue weighted by Crippen LogP contribution is -2.14. The molecule has 102 valence electrons. The van der Waals surface area contributed by atoms with Gasteiger partial charge < -0.3 is 10.1 Å². The predicted octanol–water partition coefficient (Wildman–Crippen LogP) is 4.37. The Morgan fingerprint density at radius 3 is 2.67 bits per heavy atom. The summed E-state index contributed by atoms with van der Waals surface area (Å²) in [5.74, 6) is 1.71. The average Bonchev–Trinajstić information content (AvgIpc) is 2.33. The van der Waals surface area contributed by atoms with Gasteiger partial charge in [-0.1, -0.05) is 32.8 Å². The summed E-state index contributed by atoms with van der Waals surface area (Å²) < 4.78 is 6.23. The first kappa shape index (κ1) is 15.5. The van der Waals surface area contributed by atoms with Crippen molar-refractivity contribution < 1.29 is 4.74 Å². The van der Waals surface area contributed by atoms with Crippen molar-refractivity contribution in [3.05, 3.63) is 28.2 Å². The maximum absolute atomic E-state index is 5.21. The zero-order chi connectivity index (χ0) is 13.4. The number of halogens is 1. The monoisotopic (exact) mass is 313 g/mol. The molecule has 0 bridgehead atoms. The van der Waals surface area contributed by atoms with Gasteiger partial charge >= 0.3 is 0 Å². The van der Waals surface area contributed by atoms with E-state index in [9.17, 15) is 0 Å². The number of ether oxygens (including phenoxy) is 1. The molecule has 18 heavy (non-hydrogen) atoms. The molecule has 0 spiro atoms. The van der Waals surface area contributed by atoms with Gasteiger partial charge in [0.05, 0.1) is 11.6 Å². The molecule has 0 aromatic heterocycles. The van der Waals surface area contributed by atoms with Gasteiger partial charge in [0.2, 0.25) is 0 Å². The summed E-state index contributed by atoms with van der Waals surface area (Å²) in [6.07, 6.45) is 3.91. The van der Waals surface area contributed by atoms with Crippen molar-refractivity contribution in [1.82, 2.24) is 5.32 Å². The Labute approximate surface area is 119 Å². The molecule has 0 amide bonds. The zero-order valence-electron chi connectivity index (χ0n) is 11.6. The van der Waals surface area contributed by atoms with E-state index in [0.717, 1.165) is 29.2 Å². The van der Waals surface area contributed by atoms with E-state index in [0.29, 0.717) is 0 Å². The van der Waals surface area contributed by atoms with E-state index < -0.39 is 0 Å². The minimum absolute atomic E-state index is 0.822. The predicted molar refractivity (Wildman–Crippen MR) is 81.1 cm³/mol. The number of methoxy groups -OCH3 is 1. The molecule has 0 unspecified atom stereocenters. The van der Waals surface area contributed by atoms with E-state index in [2.05, 4.69) is 47.2 Å². The molecule has 1 N–H and O–H groups in total. The van der Waals surface area contributed by atoms with Gasteiger partial charge in [-0.2, -0.15) is 0 Å². The van der Waals surface area contributed by atoms with Crippen molar-refractivity contribution >= 4 is 15.9 Å². The molecule has 0 atom stereocenters. The highest BCUT2D eigenvalue weighted by Gasteiger charge is 2.01. The Balaban J connectivity index is 2.21. The van der Waals surface area contributed by atoms with Gasteiger partial charge in [-0.15, -0.1) is 0 Å². The van der Waals surface area contributed by atoms with E-state index in [-0.39, 0.29) is 0 Å². The lowest BCUT2D eigenvalue weighted by Gasteiger charge is -2.08. The van der Waals surface area contributed by atoms with E-state index in [1.54, 1.807) is 7.11 Å². The fraction of sp³-hybridized carbons (Fsp3) is 0.600. The summed E-state index contributed by atoms with van der Waals surface area (Å²) in [7, 11) is 1.69. The van der Waals surface area contributed by atoms with Crippen LogP contribution >= 0.6 is 15.9 Å². The van der Waals surface area contributed by atoms with Crippen molar-refractivity contribution in [3.63, 3.8) is 0 Å². The molecule has 0 aliphatic heterocycles. The molecule has 0 radical (unpaired) electrons. The molecule has 1 aromatic carbocycles. The Kier molecular flexibility index (Phi) is 7.36. The molecule has 0 saturated carbocycles. The third-order valence-corrected chi connectivity index (χ3v) is 3.55. The maximum Gasteiger partial charge on any atom is 0.133 e. The first-order valence-corrected chi connectivity index (χ1v) is 7.46. The Hall–Kier alpha value is -0.540. The number of hydrogen-bond donors (Lipinski definition) is 1. The molecule has 0 heterocycles. The van der Waals surface area contributed by atoms with Crippen molar-refractivity contribution in [2.75, 3.05) is 13.7 Å². The van der Waals surface area contributed by atoms with Crippen LogP contribution in [0.15, 0.2) is 22.7 Å². The highest BCUT2D eigenvalue weighted by atomic mass is 79.9. The van der Waals surface area contributed by atoms with Crippen molar-refractivity contribution in [3.8, 4) is 5.75 Å². The minimum atomic E-state index is 0.822. The minimum Gasteiger partial charge on any atom is -0.496 e. The summed E-state index contributed by atoms with van der Waals surface area (Å²) in [5.41, 5.74) is 1.28. The molecule has 1 rings (SSSR count). The van der Waals surface area contributed by atoms with E-state index in [1.807, 2.05) is 6.07 Å². The summed E-state index contributed by atoms with van der Waals surface area (Å²) in [6, 6.07) is 6.21. The molecule has 0 aliphatic carbocycles. The Bertz CT molecular complexity index is 352. The Morgan fingerprint density at radius 1 is 1.28 bits per heavy atom. The second-order valence-corrected chi connectivity index (χ2v) is 5.89. The first-order valence-electron chi connectivity index (χ1n) is 6.66. The van der Waals surface area contributed by atoms with Crippen LogP contribution in [0, 0.1) is 5.92 Å². The third kappa shape index (κ3) is 5.87. The number of unbranched alkanes of at least 4 members (excludes halogenated alkanes) is 1. The van der Waals surface area contributed by atoms with Crippen LogP contribution in [0.3, 0.4) is 0 Å². The lowest BCUT2D eigenvalue weighted by molar-refractivity contribution is 0.412. The normalized spacial score (nSPS) is 10.9. The quantitative estimate of drug-likeness (QED) is 0.719. The van der Waals surface area contributed by atoms with Crippen LogP contribution in [0.2, 0.25) is 0 Å². The Morgan fingerprint density at radius 2 is 2.06 bits per heavy atom. The molecular formula is C15H24BrNO. The van der Waals surface area contributed by atoms with Gasteiger partial charge in [-0.25, -0.2) is 0 Å². The second-order valence-electron chi connectivity index (χ2n) is 5.04. The topological polar surface area (TPSA) is 21.3 Å². The van der Waals surface area contributed by atoms with Gasteiger partial charge in [0.25, 0.3) is 0 Å². The largest absolute Gasteiger partial charge is 0.496 e. The van der Waals surface area contributed by atoms with Crippen LogP contribution in [0.4, 0.5) is 0 Å². The fourth-order valence-electron chi connectivity index (χ4n) is 1.86. The summed E-state index contributed by atoms with van der Waals surface area (Å²) in [5, 5.41) is 3.48. The fourth-order valence-corrected chi connectivity index (χ4v) is 2.44. The molecule has 0 fully saturated rings. The molecule has 0 aliphatic rings. The second kappa shape index (κ2) is 8.54. The van der Waals surface area contributed by atoms with Gasteiger partial charge in [0.15, 0.2) is 0 Å². The van der Waals surface area contributed by atoms with Gasteiger partial charge in [-0.05, 0) is 52.5 Å². The maximum atomic E-state index is 5.21. The lowest BCUT2D eigenvalue weighted by atomic mass is 10.1. The zero-order valence-corrected chi connectivity index (χ0v) is 13.2. The summed E-state index contributed by atoms with van der Waals surface area (Å²) in [4.78, 5) is 0. The van der Waals surface area contributed by atoms with Crippen LogP contribution in [0.1, 0.15) is 38.7 Å². The number of hydrogen-bond acceptors (Lipinski definition) is 2. The van der Waals surface area contributed by atoms with Crippen molar-refractivity contribution in [1.29, 1.82) is 0 Å². The third-order valence-electron chi connectivity index (χ3n) is 2.93. The molecule has 0 saturated heterocycles. The summed E-state index contributed by atoms with van der Waals surface area (Å²) in [6.45, 7) is 6.57. The SMILES string of the molecule is COc1ccc(CNCCCCC(C)C)cc1Br. The van der Waals surface area contributed by atoms with Gasteiger partial charge in [-0.3, -0.25) is 0 Å². The average molecular weight is 314 g/mol. The van der Waals surface area contributed by atoms with Crippen LogP contribution < -0.4 is 10.1 Å². The number of rotatable bonds is 8. The summed E-state index contributed by atoms with van der Waals surface area (Å²) >= 11 is 3.50. The standard InChI is InChI=1S/C15H24BrNO/c1-12(2)6-4-5-9-17-11-13-7-8-15(18-3)14(16)10-13/h7-8,10,12,17H,4-6,9,11H2,1-3H3. The van der Waals surface area contributed by atoms with Crippen LogP contribution in [0.25, 0.3) is 0 Å². The first-order chi connectivity index (χ1) is 8.63. The number of benzene rings is 1.